The Labute approximate surface area is 185 Å². The third-order valence-electron chi connectivity index (χ3n) is 4.39. The van der Waals surface area contributed by atoms with E-state index in [1.54, 1.807) is 11.8 Å². The zero-order valence-electron chi connectivity index (χ0n) is 17.9. The lowest BCUT2D eigenvalue weighted by Gasteiger charge is -2.27. The van der Waals surface area contributed by atoms with Crippen LogP contribution < -0.4 is 15.0 Å². The van der Waals surface area contributed by atoms with Gasteiger partial charge in [0.2, 0.25) is 11.9 Å². The van der Waals surface area contributed by atoms with E-state index in [-0.39, 0.29) is 24.1 Å². The Morgan fingerprint density at radius 2 is 1.91 bits per heavy atom. The molecule has 0 bridgehead atoms. The van der Waals surface area contributed by atoms with Crippen molar-refractivity contribution in [2.24, 2.45) is 0 Å². The zero-order valence-corrected chi connectivity index (χ0v) is 17.9. The first-order valence-corrected chi connectivity index (χ1v) is 9.58. The molecule has 1 aromatic heterocycles. The van der Waals surface area contributed by atoms with Crippen LogP contribution in [0.5, 0.6) is 6.01 Å². The third kappa shape index (κ3) is 7.60. The highest BCUT2D eigenvalue weighted by molar-refractivity contribution is 5.47. The minimum Gasteiger partial charge on any atom is -0.454 e. The summed E-state index contributed by atoms with van der Waals surface area (Å²) in [4.78, 5) is 13.3. The van der Waals surface area contributed by atoms with Gasteiger partial charge in [-0.25, -0.2) is 0 Å². The number of nitrogens with zero attached hydrogens (tertiary/aromatic N) is 4. The van der Waals surface area contributed by atoms with Crippen molar-refractivity contribution in [3.63, 3.8) is 0 Å². The van der Waals surface area contributed by atoms with E-state index in [1.165, 1.54) is 7.11 Å². The molecule has 0 spiro atoms. The Morgan fingerprint density at radius 1 is 1.21 bits per heavy atom. The van der Waals surface area contributed by atoms with Gasteiger partial charge in [-0.2, -0.15) is 41.3 Å². The van der Waals surface area contributed by atoms with Gasteiger partial charge in [0.25, 0.3) is 0 Å². The molecule has 0 amide bonds. The first-order valence-electron chi connectivity index (χ1n) is 9.58. The Kier molecular flexibility index (Phi) is 8.30. The van der Waals surface area contributed by atoms with Gasteiger partial charge < -0.3 is 24.4 Å². The van der Waals surface area contributed by atoms with Crippen LogP contribution >= 0.6 is 0 Å². The molecule has 0 radical (unpaired) electrons. The molecular weight excluding hydrogens is 460 g/mol. The maximum atomic E-state index is 12.8. The number of anilines is 2. The predicted molar refractivity (Wildman–Crippen MR) is 107 cm³/mol. The molecule has 1 atom stereocenters. The van der Waals surface area contributed by atoms with Gasteiger partial charge in [0.15, 0.2) is 12.4 Å². The molecule has 2 heterocycles. The molecule has 0 aliphatic carbocycles. The van der Waals surface area contributed by atoms with E-state index in [4.69, 9.17) is 9.47 Å². The molecule has 33 heavy (non-hydrogen) atoms. The number of allylic oxidation sites excluding steroid dienone is 3. The normalized spacial score (nSPS) is 19.5. The lowest BCUT2D eigenvalue weighted by atomic mass is 10.2. The van der Waals surface area contributed by atoms with E-state index in [0.29, 0.717) is 25.6 Å². The summed E-state index contributed by atoms with van der Waals surface area (Å²) in [5.41, 5.74) is -1.38. The Bertz CT molecular complexity index is 890. The number of methoxy groups -OCH3 is 1. The van der Waals surface area contributed by atoms with Gasteiger partial charge >= 0.3 is 18.4 Å². The molecule has 1 saturated heterocycles. The predicted octanol–water partition coefficient (Wildman–Crippen LogP) is 4.00. The number of rotatable bonds is 10. The number of ether oxygens (including phenoxy) is 3. The largest absolute Gasteiger partial charge is 0.454 e. The van der Waals surface area contributed by atoms with E-state index in [0.717, 1.165) is 6.08 Å². The first-order chi connectivity index (χ1) is 15.3. The highest BCUT2D eigenvalue weighted by Crippen LogP contribution is 2.30. The fourth-order valence-electron chi connectivity index (χ4n) is 2.83. The van der Waals surface area contributed by atoms with E-state index < -0.39 is 36.3 Å². The summed E-state index contributed by atoms with van der Waals surface area (Å²) in [6.07, 6.45) is -7.26. The van der Waals surface area contributed by atoms with Gasteiger partial charge in [0.1, 0.15) is 0 Å². The van der Waals surface area contributed by atoms with Crippen LogP contribution in [0.1, 0.15) is 13.3 Å². The maximum absolute atomic E-state index is 12.8. The summed E-state index contributed by atoms with van der Waals surface area (Å²) in [6, 6.07) is -0.677. The molecule has 1 aliphatic rings. The monoisotopic (exact) mass is 483 g/mol. The van der Waals surface area contributed by atoms with Crippen molar-refractivity contribution in [2.75, 3.05) is 43.6 Å². The van der Waals surface area contributed by atoms with Crippen LogP contribution in [0.25, 0.3) is 0 Å². The lowest BCUT2D eigenvalue weighted by Crippen LogP contribution is -2.38. The Hall–Kier alpha value is -2.87. The van der Waals surface area contributed by atoms with Gasteiger partial charge in [-0.15, -0.1) is 0 Å². The standard InChI is InChI=1S/C19H23F6N5O3/c1-5-13(9-12(3)19(23,24)25)26-14-27-15(29-16(28-14)32-11-18(20,21)22)30-8-7-17(10-30,31-4)33-6-2/h5,9H,1,3,6-8,10-11H2,2,4H3,(H,26,27,28,29)/b13-9+. The highest BCUT2D eigenvalue weighted by atomic mass is 19.4. The number of hydrogen-bond acceptors (Lipinski definition) is 8. The van der Waals surface area contributed by atoms with Crippen LogP contribution in [0.4, 0.5) is 38.2 Å². The van der Waals surface area contributed by atoms with Crippen molar-refractivity contribution in [3.8, 4) is 6.01 Å². The average Bonchev–Trinajstić information content (AvgIpc) is 3.15. The fraction of sp³-hybridized carbons (Fsp3) is 0.526. The number of nitrogens with one attached hydrogen (secondary N) is 1. The first kappa shape index (κ1) is 26.4. The van der Waals surface area contributed by atoms with Crippen molar-refractivity contribution >= 4 is 11.9 Å². The van der Waals surface area contributed by atoms with Gasteiger partial charge in [-0.1, -0.05) is 13.2 Å². The van der Waals surface area contributed by atoms with E-state index in [9.17, 15) is 26.3 Å². The summed E-state index contributed by atoms with van der Waals surface area (Å²) in [5, 5.41) is 2.46. The van der Waals surface area contributed by atoms with Crippen molar-refractivity contribution in [3.05, 3.63) is 36.6 Å². The molecule has 1 N–H and O–H groups in total. The molecular formula is C19H23F6N5O3. The molecule has 14 heteroatoms. The van der Waals surface area contributed by atoms with Crippen LogP contribution in [0.2, 0.25) is 0 Å². The molecule has 184 valence electrons. The fourth-order valence-corrected chi connectivity index (χ4v) is 2.83. The summed E-state index contributed by atoms with van der Waals surface area (Å²) in [6.45, 7) is 7.24. The van der Waals surface area contributed by atoms with Gasteiger partial charge in [-0.3, -0.25) is 0 Å². The van der Waals surface area contributed by atoms with Crippen LogP contribution in [0, 0.1) is 0 Å². The Morgan fingerprint density at radius 3 is 2.45 bits per heavy atom. The van der Waals surface area contributed by atoms with Crippen molar-refractivity contribution in [1.29, 1.82) is 0 Å². The summed E-state index contributed by atoms with van der Waals surface area (Å²) in [7, 11) is 1.45. The van der Waals surface area contributed by atoms with E-state index in [1.807, 2.05) is 0 Å². The second-order valence-corrected chi connectivity index (χ2v) is 6.82. The van der Waals surface area contributed by atoms with Crippen LogP contribution in [-0.2, 0) is 9.47 Å². The number of halogens is 6. The second-order valence-electron chi connectivity index (χ2n) is 6.82. The van der Waals surface area contributed by atoms with Gasteiger partial charge in [-0.05, 0) is 19.1 Å². The molecule has 0 aromatic carbocycles. The summed E-state index contributed by atoms with van der Waals surface area (Å²) >= 11 is 0. The van der Waals surface area contributed by atoms with Crippen LogP contribution in [0.15, 0.2) is 36.6 Å². The second kappa shape index (κ2) is 10.4. The average molecular weight is 483 g/mol. The van der Waals surface area contributed by atoms with Crippen LogP contribution in [-0.4, -0.2) is 66.5 Å². The van der Waals surface area contributed by atoms with Gasteiger partial charge in [0.05, 0.1) is 12.1 Å². The molecule has 0 saturated carbocycles. The lowest BCUT2D eigenvalue weighted by molar-refractivity contribution is -0.204. The maximum Gasteiger partial charge on any atom is 0.422 e. The highest BCUT2D eigenvalue weighted by Gasteiger charge is 2.40. The molecule has 1 aliphatic heterocycles. The topological polar surface area (TPSA) is 81.6 Å². The summed E-state index contributed by atoms with van der Waals surface area (Å²) < 4.78 is 91.9. The molecule has 2 rings (SSSR count). The summed E-state index contributed by atoms with van der Waals surface area (Å²) in [5.74, 6) is -1.41. The minimum atomic E-state index is -4.69. The molecule has 1 fully saturated rings. The Balaban J connectivity index is 2.37. The SMILES string of the molecule is C=C/C(=C\C(=C)C(F)(F)F)Nc1nc(OCC(F)(F)F)nc(N2CCC(OC)(OCC)C2)n1. The number of aromatic nitrogens is 3. The van der Waals surface area contributed by atoms with Gasteiger partial charge in [0, 0.05) is 32.4 Å². The van der Waals surface area contributed by atoms with Crippen LogP contribution in [0.3, 0.4) is 0 Å². The van der Waals surface area contributed by atoms with Crippen molar-refractivity contribution in [2.45, 2.75) is 31.5 Å². The quantitative estimate of drug-likeness (QED) is 0.304. The third-order valence-corrected chi connectivity index (χ3v) is 4.39. The molecule has 8 nitrogen and oxygen atoms in total. The van der Waals surface area contributed by atoms with E-state index in [2.05, 4.69) is 38.2 Å². The smallest absolute Gasteiger partial charge is 0.422 e. The minimum absolute atomic E-state index is 0.0821. The number of hydrogen-bond donors (Lipinski definition) is 1. The van der Waals surface area contributed by atoms with E-state index >= 15 is 0 Å². The van der Waals surface area contributed by atoms with Crippen molar-refractivity contribution < 1.29 is 40.6 Å². The zero-order chi connectivity index (χ0) is 24.9. The van der Waals surface area contributed by atoms with Crippen molar-refractivity contribution in [1.82, 2.24) is 15.0 Å². The molecule has 1 unspecified atom stereocenters. The molecule has 1 aromatic rings. The number of alkyl halides is 6.